The van der Waals surface area contributed by atoms with Crippen molar-refractivity contribution in [3.8, 4) is 0 Å². The number of likely N-dealkylation sites (N-methyl/N-ethyl adjacent to an activating group) is 1. The maximum atomic E-state index is 11.2. The fourth-order valence-electron chi connectivity index (χ4n) is 1.54. The normalized spacial score (nSPS) is 10.1. The summed E-state index contributed by atoms with van der Waals surface area (Å²) < 4.78 is 0. The first-order valence-corrected chi connectivity index (χ1v) is 4.46. The SMILES string of the molecule is CC(C)=C(C(C)C)N(C)C(=O)CO. The minimum atomic E-state index is -0.431. The van der Waals surface area contributed by atoms with Crippen molar-refractivity contribution in [1.82, 2.24) is 4.90 Å². The van der Waals surface area contributed by atoms with Crippen molar-refractivity contribution in [1.29, 1.82) is 0 Å². The van der Waals surface area contributed by atoms with Crippen molar-refractivity contribution in [2.75, 3.05) is 13.7 Å². The van der Waals surface area contributed by atoms with Gasteiger partial charge in [-0.1, -0.05) is 19.4 Å². The van der Waals surface area contributed by atoms with Gasteiger partial charge in [0.05, 0.1) is 0 Å². The molecule has 3 heteroatoms. The maximum Gasteiger partial charge on any atom is 0.252 e. The molecule has 0 aliphatic carbocycles. The van der Waals surface area contributed by atoms with Crippen molar-refractivity contribution >= 4 is 5.91 Å². The second kappa shape index (κ2) is 5.02. The summed E-state index contributed by atoms with van der Waals surface area (Å²) in [4.78, 5) is 12.7. The van der Waals surface area contributed by atoms with Crippen LogP contribution in [-0.4, -0.2) is 29.6 Å². The van der Waals surface area contributed by atoms with E-state index >= 15 is 0 Å². The highest BCUT2D eigenvalue weighted by atomic mass is 16.3. The van der Waals surface area contributed by atoms with Crippen LogP contribution in [0.15, 0.2) is 11.3 Å². The van der Waals surface area contributed by atoms with Gasteiger partial charge < -0.3 is 10.0 Å². The molecule has 0 aromatic rings. The molecule has 0 fully saturated rings. The van der Waals surface area contributed by atoms with Crippen LogP contribution in [0.5, 0.6) is 0 Å². The van der Waals surface area contributed by atoms with E-state index < -0.39 is 6.61 Å². The molecule has 3 nitrogen and oxygen atoms in total. The van der Waals surface area contributed by atoms with Crippen LogP contribution in [0.1, 0.15) is 27.7 Å². The predicted octanol–water partition coefficient (Wildman–Crippen LogP) is 1.39. The van der Waals surface area contributed by atoms with Crippen LogP contribution >= 0.6 is 0 Å². The van der Waals surface area contributed by atoms with Gasteiger partial charge in [0, 0.05) is 12.7 Å². The van der Waals surface area contributed by atoms with Gasteiger partial charge in [-0.05, 0) is 19.8 Å². The Bertz CT molecular complexity index is 215. The monoisotopic (exact) mass is 185 g/mol. The number of allylic oxidation sites excluding steroid dienone is 2. The van der Waals surface area contributed by atoms with Gasteiger partial charge in [-0.15, -0.1) is 0 Å². The molecule has 76 valence electrons. The van der Waals surface area contributed by atoms with E-state index in [2.05, 4.69) is 0 Å². The zero-order chi connectivity index (χ0) is 10.6. The van der Waals surface area contributed by atoms with Crippen LogP contribution in [0.3, 0.4) is 0 Å². The number of nitrogens with zero attached hydrogens (tertiary/aromatic N) is 1. The number of rotatable bonds is 3. The fraction of sp³-hybridized carbons (Fsp3) is 0.700. The first kappa shape index (κ1) is 12.2. The summed E-state index contributed by atoms with van der Waals surface area (Å²) in [5, 5.41) is 8.70. The van der Waals surface area contributed by atoms with E-state index in [1.807, 2.05) is 27.7 Å². The zero-order valence-electron chi connectivity index (χ0n) is 9.09. The summed E-state index contributed by atoms with van der Waals surface area (Å²) in [5.74, 6) is 0.0374. The first-order valence-electron chi connectivity index (χ1n) is 4.46. The summed E-state index contributed by atoms with van der Waals surface area (Å²) in [6.45, 7) is 7.57. The average molecular weight is 185 g/mol. The lowest BCUT2D eigenvalue weighted by Crippen LogP contribution is -2.31. The van der Waals surface area contributed by atoms with E-state index in [0.29, 0.717) is 5.92 Å². The summed E-state index contributed by atoms with van der Waals surface area (Å²) in [7, 11) is 1.70. The molecule has 0 saturated heterocycles. The quantitative estimate of drug-likeness (QED) is 0.721. The minimum absolute atomic E-state index is 0.259. The van der Waals surface area contributed by atoms with E-state index in [1.54, 1.807) is 7.05 Å². The van der Waals surface area contributed by atoms with Crippen LogP contribution in [0, 0.1) is 5.92 Å². The summed E-state index contributed by atoms with van der Waals surface area (Å²) in [5.41, 5.74) is 2.10. The van der Waals surface area contributed by atoms with Gasteiger partial charge in [-0.2, -0.15) is 0 Å². The van der Waals surface area contributed by atoms with Gasteiger partial charge in [0.15, 0.2) is 0 Å². The number of carbonyl (C=O) groups excluding carboxylic acids is 1. The van der Waals surface area contributed by atoms with Crippen LogP contribution in [0.2, 0.25) is 0 Å². The molecule has 0 atom stereocenters. The molecule has 0 spiro atoms. The Labute approximate surface area is 80.0 Å². The van der Waals surface area contributed by atoms with E-state index in [9.17, 15) is 4.79 Å². The highest BCUT2D eigenvalue weighted by Crippen LogP contribution is 2.17. The molecule has 0 radical (unpaired) electrons. The van der Waals surface area contributed by atoms with Gasteiger partial charge in [0.25, 0.3) is 5.91 Å². The Morgan fingerprint density at radius 1 is 1.38 bits per heavy atom. The number of amides is 1. The average Bonchev–Trinajstić information content (AvgIpc) is 2.01. The Morgan fingerprint density at radius 3 is 2.08 bits per heavy atom. The predicted molar refractivity (Wildman–Crippen MR) is 53.1 cm³/mol. The number of hydrogen-bond acceptors (Lipinski definition) is 2. The number of hydrogen-bond donors (Lipinski definition) is 1. The third-order valence-electron chi connectivity index (χ3n) is 1.93. The van der Waals surface area contributed by atoms with Crippen molar-refractivity contribution in [3.63, 3.8) is 0 Å². The molecule has 0 aliphatic rings. The topological polar surface area (TPSA) is 40.5 Å². The van der Waals surface area contributed by atoms with Crippen LogP contribution < -0.4 is 0 Å². The summed E-state index contributed by atoms with van der Waals surface area (Å²) >= 11 is 0. The number of aliphatic hydroxyl groups excluding tert-OH is 1. The molecule has 0 bridgehead atoms. The first-order chi connectivity index (χ1) is 5.91. The van der Waals surface area contributed by atoms with E-state index in [0.717, 1.165) is 11.3 Å². The Hall–Kier alpha value is -0.830. The van der Waals surface area contributed by atoms with E-state index in [4.69, 9.17) is 5.11 Å². The Morgan fingerprint density at radius 2 is 1.85 bits per heavy atom. The van der Waals surface area contributed by atoms with Gasteiger partial charge in [-0.3, -0.25) is 4.79 Å². The smallest absolute Gasteiger partial charge is 0.252 e. The lowest BCUT2D eigenvalue weighted by molar-refractivity contribution is -0.131. The van der Waals surface area contributed by atoms with Gasteiger partial charge in [0.2, 0.25) is 0 Å². The molecule has 0 saturated carbocycles. The van der Waals surface area contributed by atoms with Crippen LogP contribution in [0.25, 0.3) is 0 Å². The molecular weight excluding hydrogens is 166 g/mol. The third-order valence-corrected chi connectivity index (χ3v) is 1.93. The van der Waals surface area contributed by atoms with Crippen molar-refractivity contribution < 1.29 is 9.90 Å². The Kier molecular flexibility index (Phi) is 4.70. The molecule has 13 heavy (non-hydrogen) atoms. The van der Waals surface area contributed by atoms with Crippen molar-refractivity contribution in [2.24, 2.45) is 5.92 Å². The molecule has 0 aliphatic heterocycles. The molecule has 1 amide bonds. The minimum Gasteiger partial charge on any atom is -0.387 e. The summed E-state index contributed by atoms with van der Waals surface area (Å²) in [6, 6.07) is 0. The Balaban J connectivity index is 4.79. The van der Waals surface area contributed by atoms with Gasteiger partial charge in [-0.25, -0.2) is 0 Å². The van der Waals surface area contributed by atoms with Crippen molar-refractivity contribution in [2.45, 2.75) is 27.7 Å². The second-order valence-electron chi connectivity index (χ2n) is 3.65. The third kappa shape index (κ3) is 3.19. The standard InChI is InChI=1S/C10H19NO2/c1-7(2)10(8(3)4)11(5)9(13)6-12/h7,12H,6H2,1-5H3. The lowest BCUT2D eigenvalue weighted by atomic mass is 10.1. The number of aliphatic hydroxyl groups is 1. The molecule has 0 rings (SSSR count). The summed E-state index contributed by atoms with van der Waals surface area (Å²) in [6.07, 6.45) is 0. The molecule has 1 N–H and O–H groups in total. The second-order valence-corrected chi connectivity index (χ2v) is 3.65. The maximum absolute atomic E-state index is 11.2. The van der Waals surface area contributed by atoms with E-state index in [1.165, 1.54) is 4.90 Å². The molecule has 0 aromatic carbocycles. The van der Waals surface area contributed by atoms with Crippen molar-refractivity contribution in [3.05, 3.63) is 11.3 Å². The molecule has 0 aromatic heterocycles. The fourth-order valence-corrected chi connectivity index (χ4v) is 1.54. The largest absolute Gasteiger partial charge is 0.387 e. The molecular formula is C10H19NO2. The molecule has 0 heterocycles. The van der Waals surface area contributed by atoms with Gasteiger partial charge >= 0.3 is 0 Å². The van der Waals surface area contributed by atoms with Crippen LogP contribution in [-0.2, 0) is 4.79 Å². The number of carbonyl (C=O) groups is 1. The van der Waals surface area contributed by atoms with Gasteiger partial charge in [0.1, 0.15) is 6.61 Å². The lowest BCUT2D eigenvalue weighted by Gasteiger charge is -2.24. The van der Waals surface area contributed by atoms with E-state index in [-0.39, 0.29) is 5.91 Å². The zero-order valence-corrected chi connectivity index (χ0v) is 9.09. The molecule has 0 unspecified atom stereocenters. The highest BCUT2D eigenvalue weighted by Gasteiger charge is 2.15. The van der Waals surface area contributed by atoms with Crippen LogP contribution in [0.4, 0.5) is 0 Å². The highest BCUT2D eigenvalue weighted by molar-refractivity contribution is 5.78.